The molecule has 0 aliphatic heterocycles. The first kappa shape index (κ1) is 14.1. The molecule has 2 unspecified atom stereocenters. The fourth-order valence-electron chi connectivity index (χ4n) is 2.44. The van der Waals surface area contributed by atoms with Gasteiger partial charge >= 0.3 is 0 Å². The third-order valence-corrected chi connectivity index (χ3v) is 3.87. The minimum atomic E-state index is -0.564. The lowest BCUT2D eigenvalue weighted by Gasteiger charge is -2.25. The van der Waals surface area contributed by atoms with Gasteiger partial charge in [0.15, 0.2) is 0 Å². The molecule has 1 aromatic carbocycles. The minimum absolute atomic E-state index is 0.0969. The van der Waals surface area contributed by atoms with E-state index in [4.69, 9.17) is 11.6 Å². The van der Waals surface area contributed by atoms with Gasteiger partial charge in [0.05, 0.1) is 5.56 Å². The molecule has 1 aliphatic carbocycles. The first-order chi connectivity index (χ1) is 9.06. The number of phenolic OH excluding ortho intramolecular Hbond substituents is 1. The Kier molecular flexibility index (Phi) is 4.64. The Morgan fingerprint density at radius 3 is 2.95 bits per heavy atom. The minimum Gasteiger partial charge on any atom is -0.507 e. The monoisotopic (exact) mass is 285 g/mol. The Bertz CT molecular complexity index is 467. The highest BCUT2D eigenvalue weighted by Gasteiger charge is 2.21. The second-order valence-electron chi connectivity index (χ2n) is 5.00. The van der Waals surface area contributed by atoms with Crippen molar-refractivity contribution in [3.8, 4) is 5.75 Å². The zero-order valence-corrected chi connectivity index (χ0v) is 11.3. The smallest absolute Gasteiger partial charge is 0.255 e. The van der Waals surface area contributed by atoms with Crippen LogP contribution in [0, 0.1) is 11.7 Å². The average molecular weight is 286 g/mol. The van der Waals surface area contributed by atoms with Gasteiger partial charge < -0.3 is 10.4 Å². The second-order valence-corrected chi connectivity index (χ2v) is 5.62. The van der Waals surface area contributed by atoms with E-state index in [0.717, 1.165) is 37.8 Å². The van der Waals surface area contributed by atoms with Gasteiger partial charge in [-0.05, 0) is 37.3 Å². The van der Waals surface area contributed by atoms with Crippen molar-refractivity contribution in [2.24, 2.45) is 5.92 Å². The molecule has 0 heterocycles. The molecule has 104 valence electrons. The standard InChI is InChI=1S/C14H17ClFNO2/c15-10-3-1-2-9(6-10)8-17-14(19)12-5-4-11(16)7-13(12)18/h4-5,7,9-10,18H,1-3,6,8H2,(H,17,19). The Balaban J connectivity index is 1.90. The van der Waals surface area contributed by atoms with Crippen molar-refractivity contribution in [3.05, 3.63) is 29.6 Å². The van der Waals surface area contributed by atoms with Gasteiger partial charge in [-0.2, -0.15) is 0 Å². The van der Waals surface area contributed by atoms with E-state index in [1.165, 1.54) is 6.07 Å². The number of hydrogen-bond acceptors (Lipinski definition) is 2. The molecule has 1 aliphatic rings. The van der Waals surface area contributed by atoms with E-state index in [1.807, 2.05) is 0 Å². The molecule has 1 fully saturated rings. The van der Waals surface area contributed by atoms with Crippen molar-refractivity contribution in [2.75, 3.05) is 6.54 Å². The Labute approximate surface area is 116 Å². The maximum absolute atomic E-state index is 12.8. The van der Waals surface area contributed by atoms with E-state index < -0.39 is 5.82 Å². The highest BCUT2D eigenvalue weighted by molar-refractivity contribution is 6.20. The van der Waals surface area contributed by atoms with Crippen molar-refractivity contribution < 1.29 is 14.3 Å². The van der Waals surface area contributed by atoms with Crippen LogP contribution in [0.3, 0.4) is 0 Å². The molecule has 0 radical (unpaired) electrons. The molecule has 2 N–H and O–H groups in total. The number of amides is 1. The number of benzene rings is 1. The van der Waals surface area contributed by atoms with Gasteiger partial charge in [0.2, 0.25) is 0 Å². The molecule has 0 aromatic heterocycles. The largest absolute Gasteiger partial charge is 0.507 e. The highest BCUT2D eigenvalue weighted by atomic mass is 35.5. The number of halogens is 2. The molecular weight excluding hydrogens is 269 g/mol. The van der Waals surface area contributed by atoms with Crippen molar-refractivity contribution in [3.63, 3.8) is 0 Å². The predicted molar refractivity (Wildman–Crippen MR) is 72.0 cm³/mol. The number of carbonyl (C=O) groups is 1. The van der Waals surface area contributed by atoms with Crippen LogP contribution < -0.4 is 5.32 Å². The van der Waals surface area contributed by atoms with Crippen molar-refractivity contribution in [1.82, 2.24) is 5.32 Å². The van der Waals surface area contributed by atoms with E-state index in [2.05, 4.69) is 5.32 Å². The highest BCUT2D eigenvalue weighted by Crippen LogP contribution is 2.27. The van der Waals surface area contributed by atoms with Crippen LogP contribution in [0.5, 0.6) is 5.75 Å². The molecule has 2 atom stereocenters. The number of alkyl halides is 1. The van der Waals surface area contributed by atoms with Crippen molar-refractivity contribution in [2.45, 2.75) is 31.1 Å². The maximum atomic E-state index is 12.8. The summed E-state index contributed by atoms with van der Waals surface area (Å²) in [6.07, 6.45) is 4.07. The molecule has 1 saturated carbocycles. The normalized spacial score (nSPS) is 23.1. The number of rotatable bonds is 3. The number of hydrogen-bond donors (Lipinski definition) is 2. The number of phenols is 1. The van der Waals surface area contributed by atoms with Crippen LogP contribution in [0.1, 0.15) is 36.0 Å². The summed E-state index contributed by atoms with van der Waals surface area (Å²) < 4.78 is 12.8. The lowest BCUT2D eigenvalue weighted by atomic mass is 9.89. The SMILES string of the molecule is O=C(NCC1CCCC(Cl)C1)c1ccc(F)cc1O. The van der Waals surface area contributed by atoms with Crippen LogP contribution >= 0.6 is 11.6 Å². The zero-order valence-electron chi connectivity index (χ0n) is 10.5. The lowest BCUT2D eigenvalue weighted by molar-refractivity contribution is 0.0941. The van der Waals surface area contributed by atoms with E-state index >= 15 is 0 Å². The van der Waals surface area contributed by atoms with Crippen LogP contribution in [0.4, 0.5) is 4.39 Å². The van der Waals surface area contributed by atoms with Gasteiger partial charge in [-0.3, -0.25) is 4.79 Å². The third kappa shape index (κ3) is 3.83. The fourth-order valence-corrected chi connectivity index (χ4v) is 2.85. The summed E-state index contributed by atoms with van der Waals surface area (Å²) in [5, 5.41) is 12.5. The molecule has 1 aromatic rings. The summed E-state index contributed by atoms with van der Waals surface area (Å²) >= 11 is 6.09. The van der Waals surface area contributed by atoms with Crippen LogP contribution in [-0.4, -0.2) is 22.9 Å². The summed E-state index contributed by atoms with van der Waals surface area (Å²) in [6.45, 7) is 0.541. The van der Waals surface area contributed by atoms with E-state index in [1.54, 1.807) is 0 Å². The molecule has 0 saturated heterocycles. The molecule has 0 bridgehead atoms. The van der Waals surface area contributed by atoms with Gasteiger partial charge in [-0.15, -0.1) is 11.6 Å². The Morgan fingerprint density at radius 1 is 1.47 bits per heavy atom. The molecule has 19 heavy (non-hydrogen) atoms. The summed E-state index contributed by atoms with van der Waals surface area (Å²) in [7, 11) is 0. The number of nitrogens with one attached hydrogen (secondary N) is 1. The lowest BCUT2D eigenvalue weighted by Crippen LogP contribution is -2.32. The van der Waals surface area contributed by atoms with Crippen LogP contribution in [0.2, 0.25) is 0 Å². The van der Waals surface area contributed by atoms with Gasteiger partial charge in [0.1, 0.15) is 11.6 Å². The Hall–Kier alpha value is -1.29. The topological polar surface area (TPSA) is 49.3 Å². The average Bonchev–Trinajstić information content (AvgIpc) is 2.36. The van der Waals surface area contributed by atoms with E-state index in [-0.39, 0.29) is 22.6 Å². The van der Waals surface area contributed by atoms with Crippen LogP contribution in [-0.2, 0) is 0 Å². The molecular formula is C14H17ClFNO2. The van der Waals surface area contributed by atoms with Gasteiger partial charge in [-0.25, -0.2) is 4.39 Å². The van der Waals surface area contributed by atoms with Crippen molar-refractivity contribution >= 4 is 17.5 Å². The van der Waals surface area contributed by atoms with Gasteiger partial charge in [0, 0.05) is 18.0 Å². The number of carbonyl (C=O) groups excluding carboxylic acids is 1. The summed E-state index contributed by atoms with van der Waals surface area (Å²) in [6, 6.07) is 3.37. The van der Waals surface area contributed by atoms with Gasteiger partial charge in [-0.1, -0.05) is 6.42 Å². The third-order valence-electron chi connectivity index (χ3n) is 3.47. The molecule has 2 rings (SSSR count). The number of aromatic hydroxyl groups is 1. The molecule has 1 amide bonds. The molecule has 5 heteroatoms. The van der Waals surface area contributed by atoms with E-state index in [9.17, 15) is 14.3 Å². The van der Waals surface area contributed by atoms with Crippen molar-refractivity contribution in [1.29, 1.82) is 0 Å². The summed E-state index contributed by atoms with van der Waals surface area (Å²) in [5.41, 5.74) is 0.0969. The van der Waals surface area contributed by atoms with Gasteiger partial charge in [0.25, 0.3) is 5.91 Å². The van der Waals surface area contributed by atoms with E-state index in [0.29, 0.717) is 12.5 Å². The summed E-state index contributed by atoms with van der Waals surface area (Å²) in [4.78, 5) is 11.9. The second kappa shape index (κ2) is 6.24. The zero-order chi connectivity index (χ0) is 13.8. The predicted octanol–water partition coefficient (Wildman–Crippen LogP) is 3.06. The van der Waals surface area contributed by atoms with Crippen LogP contribution in [0.25, 0.3) is 0 Å². The maximum Gasteiger partial charge on any atom is 0.255 e. The first-order valence-electron chi connectivity index (χ1n) is 6.47. The summed E-state index contributed by atoms with van der Waals surface area (Å²) in [5.74, 6) is -0.903. The Morgan fingerprint density at radius 2 is 2.26 bits per heavy atom. The molecule has 0 spiro atoms. The molecule has 3 nitrogen and oxygen atoms in total. The van der Waals surface area contributed by atoms with Crippen LogP contribution in [0.15, 0.2) is 18.2 Å². The first-order valence-corrected chi connectivity index (χ1v) is 6.90. The quantitative estimate of drug-likeness (QED) is 0.839. The fraction of sp³-hybridized carbons (Fsp3) is 0.500.